The lowest BCUT2D eigenvalue weighted by molar-refractivity contribution is -0.120. The number of Topliss-reactive ketones (excluding diaryl/α,β-unsaturated/α-hetero) is 1. The van der Waals surface area contributed by atoms with Crippen LogP contribution in [-0.2, 0) is 11.2 Å². The summed E-state index contributed by atoms with van der Waals surface area (Å²) in [4.78, 5) is 17.0. The maximum atomic E-state index is 12.5. The molecule has 0 fully saturated rings. The van der Waals surface area contributed by atoms with Crippen LogP contribution in [0, 0.1) is 0 Å². The molecule has 1 aromatic heterocycles. The van der Waals surface area contributed by atoms with Gasteiger partial charge in [0.05, 0.1) is 16.6 Å². The first-order valence-electron chi connectivity index (χ1n) is 6.80. The molecular weight excluding hydrogens is 306 g/mol. The van der Waals surface area contributed by atoms with Crippen molar-refractivity contribution in [3.8, 4) is 0 Å². The molecule has 0 saturated heterocycles. The van der Waals surface area contributed by atoms with Gasteiger partial charge in [-0.15, -0.1) is 11.3 Å². The van der Waals surface area contributed by atoms with Gasteiger partial charge in [0.25, 0.3) is 0 Å². The number of hydrogen-bond donors (Lipinski definition) is 2. The summed E-state index contributed by atoms with van der Waals surface area (Å²) in [7, 11) is -3.00. The first-order valence-corrected chi connectivity index (χ1v) is 9.23. The smallest absolute Gasteiger partial charge is 0.164 e. The van der Waals surface area contributed by atoms with Gasteiger partial charge >= 0.3 is 0 Å². The van der Waals surface area contributed by atoms with Gasteiger partial charge in [-0.2, -0.15) is 10.6 Å². The number of nitrogens with zero attached hydrogens (tertiary/aromatic N) is 1. The van der Waals surface area contributed by atoms with Gasteiger partial charge in [-0.3, -0.25) is 13.9 Å². The third-order valence-corrected chi connectivity index (χ3v) is 7.81. The number of aromatic nitrogens is 1. The van der Waals surface area contributed by atoms with E-state index in [-0.39, 0.29) is 17.5 Å². The molecule has 21 heavy (non-hydrogen) atoms. The molecule has 1 heterocycles. The second-order valence-electron chi connectivity index (χ2n) is 5.83. The first-order chi connectivity index (χ1) is 9.66. The lowest BCUT2D eigenvalue weighted by Gasteiger charge is -2.48. The fourth-order valence-electron chi connectivity index (χ4n) is 2.10. The topological polar surface area (TPSA) is 70.4 Å². The minimum absolute atomic E-state index is 0.134. The quantitative estimate of drug-likeness (QED) is 0.856. The van der Waals surface area contributed by atoms with Gasteiger partial charge in [0.1, 0.15) is 9.75 Å². The standard InChI is InChI=1S/C15H21NO3S2/c1-10(2)21(18,19)15(3,4)13(17)9-14-16-11-7-5-6-8-12(11)20-14/h5-8,10,18-19H,9H2,1-4H3. The van der Waals surface area contributed by atoms with E-state index in [0.717, 1.165) is 10.2 Å². The van der Waals surface area contributed by atoms with Gasteiger partial charge in [0.15, 0.2) is 5.78 Å². The number of benzene rings is 1. The molecule has 0 amide bonds. The van der Waals surface area contributed by atoms with Gasteiger partial charge in [0, 0.05) is 5.25 Å². The number of thiazole rings is 1. The molecule has 4 nitrogen and oxygen atoms in total. The number of para-hydroxylation sites is 1. The fraction of sp³-hybridized carbons (Fsp3) is 0.467. The molecule has 0 aliphatic carbocycles. The summed E-state index contributed by atoms with van der Waals surface area (Å²) in [5.41, 5.74) is 0.874. The van der Waals surface area contributed by atoms with E-state index in [4.69, 9.17) is 0 Å². The van der Waals surface area contributed by atoms with E-state index in [1.54, 1.807) is 27.7 Å². The van der Waals surface area contributed by atoms with Crippen LogP contribution in [-0.4, -0.2) is 29.9 Å². The van der Waals surface area contributed by atoms with Crippen molar-refractivity contribution in [2.24, 2.45) is 0 Å². The van der Waals surface area contributed by atoms with Crippen LogP contribution in [0.1, 0.15) is 32.7 Å². The van der Waals surface area contributed by atoms with Gasteiger partial charge in [-0.05, 0) is 39.8 Å². The van der Waals surface area contributed by atoms with E-state index in [2.05, 4.69) is 4.98 Å². The third kappa shape index (κ3) is 2.99. The largest absolute Gasteiger partial charge is 0.298 e. The molecular formula is C15H21NO3S2. The normalized spacial score (nSPS) is 13.9. The Hall–Kier alpha value is -0.950. The molecule has 0 bridgehead atoms. The van der Waals surface area contributed by atoms with Crippen LogP contribution in [0.15, 0.2) is 24.3 Å². The van der Waals surface area contributed by atoms with Crippen molar-refractivity contribution in [2.75, 3.05) is 0 Å². The number of ketones is 1. The molecule has 0 aliphatic rings. The maximum absolute atomic E-state index is 12.5. The van der Waals surface area contributed by atoms with Crippen molar-refractivity contribution in [3.63, 3.8) is 0 Å². The monoisotopic (exact) mass is 327 g/mol. The van der Waals surface area contributed by atoms with Gasteiger partial charge < -0.3 is 0 Å². The highest BCUT2D eigenvalue weighted by Crippen LogP contribution is 2.56. The molecule has 0 aliphatic heterocycles. The number of fused-ring (bicyclic) bond motifs is 1. The van der Waals surface area contributed by atoms with Crippen LogP contribution in [0.2, 0.25) is 0 Å². The summed E-state index contributed by atoms with van der Waals surface area (Å²) in [5, 5.41) is 0.361. The molecule has 116 valence electrons. The summed E-state index contributed by atoms with van der Waals surface area (Å²) < 4.78 is 20.5. The average molecular weight is 327 g/mol. The van der Waals surface area contributed by atoms with Crippen molar-refractivity contribution in [1.29, 1.82) is 0 Å². The number of rotatable bonds is 5. The number of hydrogen-bond acceptors (Lipinski definition) is 5. The molecule has 0 spiro atoms. The zero-order valence-electron chi connectivity index (χ0n) is 12.7. The highest BCUT2D eigenvalue weighted by molar-refractivity contribution is 8.26. The van der Waals surface area contributed by atoms with Crippen LogP contribution in [0.25, 0.3) is 10.2 Å². The van der Waals surface area contributed by atoms with Gasteiger partial charge in [-0.25, -0.2) is 4.98 Å². The molecule has 0 saturated carbocycles. The lowest BCUT2D eigenvalue weighted by Crippen LogP contribution is -2.41. The average Bonchev–Trinajstić information content (AvgIpc) is 2.80. The maximum Gasteiger partial charge on any atom is 0.164 e. The fourth-order valence-corrected chi connectivity index (χ4v) is 4.65. The number of carbonyl (C=O) groups excluding carboxylic acids is 1. The Morgan fingerprint density at radius 1 is 1.33 bits per heavy atom. The van der Waals surface area contributed by atoms with Gasteiger partial charge in [0.2, 0.25) is 0 Å². The van der Waals surface area contributed by atoms with E-state index in [0.29, 0.717) is 5.01 Å². The van der Waals surface area contributed by atoms with E-state index in [1.807, 2.05) is 24.3 Å². The minimum atomic E-state index is -3.00. The molecule has 0 atom stereocenters. The highest BCUT2D eigenvalue weighted by Gasteiger charge is 2.42. The molecule has 0 unspecified atom stereocenters. The highest BCUT2D eigenvalue weighted by atomic mass is 32.3. The van der Waals surface area contributed by atoms with Crippen LogP contribution >= 0.6 is 21.9 Å². The second kappa shape index (κ2) is 5.68. The van der Waals surface area contributed by atoms with Crippen molar-refractivity contribution in [3.05, 3.63) is 29.3 Å². The predicted molar refractivity (Wildman–Crippen MR) is 90.4 cm³/mol. The number of carbonyl (C=O) groups is 1. The molecule has 2 rings (SSSR count). The zero-order valence-corrected chi connectivity index (χ0v) is 14.3. The molecule has 0 radical (unpaired) electrons. The van der Waals surface area contributed by atoms with Crippen LogP contribution < -0.4 is 0 Å². The van der Waals surface area contributed by atoms with Crippen molar-refractivity contribution in [2.45, 2.75) is 44.1 Å². The first kappa shape index (κ1) is 16.4. The third-order valence-electron chi connectivity index (χ3n) is 3.73. The van der Waals surface area contributed by atoms with Gasteiger partial charge in [-0.1, -0.05) is 12.1 Å². The molecule has 2 N–H and O–H groups in total. The predicted octanol–water partition coefficient (Wildman–Crippen LogP) is 4.35. The Balaban J connectivity index is 2.24. The Bertz CT molecular complexity index is 629. The Kier molecular flexibility index (Phi) is 4.44. The van der Waals surface area contributed by atoms with E-state index in [9.17, 15) is 13.9 Å². The van der Waals surface area contributed by atoms with E-state index >= 15 is 0 Å². The minimum Gasteiger partial charge on any atom is -0.298 e. The Morgan fingerprint density at radius 2 is 1.95 bits per heavy atom. The SMILES string of the molecule is CC(C)S(O)(O)C(C)(C)C(=O)Cc1nc2ccccc2s1. The molecule has 1 aromatic carbocycles. The summed E-state index contributed by atoms with van der Waals surface area (Å²) in [6.07, 6.45) is 0.134. The molecule has 6 heteroatoms. The molecule has 2 aromatic rings. The Labute approximate surface area is 130 Å². The zero-order chi connectivity index (χ0) is 15.8. The summed E-state index contributed by atoms with van der Waals surface area (Å²) in [5.74, 6) is -0.185. The van der Waals surface area contributed by atoms with Crippen molar-refractivity contribution in [1.82, 2.24) is 4.98 Å². The van der Waals surface area contributed by atoms with Crippen LogP contribution in [0.5, 0.6) is 0 Å². The van der Waals surface area contributed by atoms with Crippen LogP contribution in [0.4, 0.5) is 0 Å². The summed E-state index contributed by atoms with van der Waals surface area (Å²) in [6, 6.07) is 7.72. The van der Waals surface area contributed by atoms with Crippen LogP contribution in [0.3, 0.4) is 0 Å². The van der Waals surface area contributed by atoms with Crippen molar-refractivity contribution < 1.29 is 13.9 Å². The Morgan fingerprint density at radius 3 is 2.52 bits per heavy atom. The lowest BCUT2D eigenvalue weighted by atomic mass is 10.1. The van der Waals surface area contributed by atoms with Crippen molar-refractivity contribution >= 4 is 37.9 Å². The second-order valence-corrected chi connectivity index (χ2v) is 10.1. The van der Waals surface area contributed by atoms with E-state index in [1.165, 1.54) is 11.3 Å². The summed E-state index contributed by atoms with van der Waals surface area (Å²) >= 11 is 1.47. The summed E-state index contributed by atoms with van der Waals surface area (Å²) in [6.45, 7) is 6.67. The van der Waals surface area contributed by atoms with E-state index < -0.39 is 15.3 Å².